The van der Waals surface area contributed by atoms with Crippen molar-refractivity contribution < 1.29 is 19.7 Å². The molecule has 4 atom stereocenters. The van der Waals surface area contributed by atoms with E-state index in [9.17, 15) is 15.3 Å². The molecule has 0 amide bonds. The van der Waals surface area contributed by atoms with Gasteiger partial charge in [-0.1, -0.05) is 93.6 Å². The summed E-state index contributed by atoms with van der Waals surface area (Å²) in [4.78, 5) is 0. The van der Waals surface area contributed by atoms with Crippen LogP contribution in [-0.4, -0.2) is 48.1 Å². The fourth-order valence-electron chi connectivity index (χ4n) is 4.73. The summed E-state index contributed by atoms with van der Waals surface area (Å²) < 4.78 is 7.15. The van der Waals surface area contributed by atoms with Crippen molar-refractivity contribution in [2.75, 3.05) is 0 Å². The van der Waals surface area contributed by atoms with Crippen molar-refractivity contribution in [2.45, 2.75) is 82.3 Å². The zero-order valence-electron chi connectivity index (χ0n) is 20.9. The fraction of sp³-hybridized carbons (Fsp3) is 0.448. The molecule has 2 aromatic rings. The molecule has 186 valence electrons. The Morgan fingerprint density at radius 2 is 1.18 bits per heavy atom. The van der Waals surface area contributed by atoms with Crippen LogP contribution in [0.25, 0.3) is 0 Å². The van der Waals surface area contributed by atoms with Gasteiger partial charge in [-0.3, -0.25) is 0 Å². The maximum atomic E-state index is 10.8. The minimum Gasteiger partial charge on any atom is -0.404 e. The predicted octanol–water partition coefficient (Wildman–Crippen LogP) is 4.34. The zero-order chi connectivity index (χ0) is 25.2. The van der Waals surface area contributed by atoms with E-state index in [1.54, 1.807) is 6.08 Å². The molecule has 2 rings (SSSR count). The van der Waals surface area contributed by atoms with E-state index in [0.29, 0.717) is 19.3 Å². The summed E-state index contributed by atoms with van der Waals surface area (Å²) in [6, 6.07) is 20.8. The van der Waals surface area contributed by atoms with Crippen molar-refractivity contribution in [2.24, 2.45) is 0 Å². The molecular formula is C29H42O4Si. The molecule has 5 heteroatoms. The van der Waals surface area contributed by atoms with Gasteiger partial charge in [0, 0.05) is 0 Å². The van der Waals surface area contributed by atoms with E-state index in [2.05, 4.69) is 82.5 Å². The van der Waals surface area contributed by atoms with Crippen LogP contribution in [0.5, 0.6) is 0 Å². The lowest BCUT2D eigenvalue weighted by atomic mass is 9.99. The molecule has 34 heavy (non-hydrogen) atoms. The molecule has 0 saturated heterocycles. The SMILES string of the molecule is C=CC[C@H](O)C[C@@H](O)C[C@H](O)C[C@@H](CC=C)O[Si](c1ccccc1)(c1ccccc1)C(C)(C)C. The average Bonchev–Trinajstić information content (AvgIpc) is 2.77. The van der Waals surface area contributed by atoms with Crippen LogP contribution in [0.4, 0.5) is 0 Å². The zero-order valence-corrected chi connectivity index (χ0v) is 21.9. The molecule has 0 heterocycles. The van der Waals surface area contributed by atoms with Crippen molar-refractivity contribution in [1.29, 1.82) is 0 Å². The molecule has 2 aromatic carbocycles. The normalized spacial score (nSPS) is 15.8. The van der Waals surface area contributed by atoms with Gasteiger partial charge in [-0.2, -0.15) is 0 Å². The Bertz CT molecular complexity index is 823. The van der Waals surface area contributed by atoms with Crippen LogP contribution in [0.3, 0.4) is 0 Å². The highest BCUT2D eigenvalue weighted by molar-refractivity contribution is 6.99. The number of benzene rings is 2. The quantitative estimate of drug-likeness (QED) is 0.277. The molecule has 0 aromatic heterocycles. The van der Waals surface area contributed by atoms with Gasteiger partial charge in [0.1, 0.15) is 0 Å². The van der Waals surface area contributed by atoms with Gasteiger partial charge in [-0.05, 0) is 47.5 Å². The van der Waals surface area contributed by atoms with Gasteiger partial charge in [0.05, 0.1) is 24.4 Å². The number of hydrogen-bond donors (Lipinski definition) is 3. The van der Waals surface area contributed by atoms with Crippen molar-refractivity contribution in [3.05, 3.63) is 86.0 Å². The lowest BCUT2D eigenvalue weighted by Crippen LogP contribution is -2.67. The van der Waals surface area contributed by atoms with Gasteiger partial charge in [-0.25, -0.2) is 0 Å². The second-order valence-electron chi connectivity index (χ2n) is 10.1. The van der Waals surface area contributed by atoms with E-state index in [-0.39, 0.29) is 24.0 Å². The van der Waals surface area contributed by atoms with Crippen LogP contribution in [-0.2, 0) is 4.43 Å². The lowest BCUT2D eigenvalue weighted by Gasteiger charge is -2.45. The fourth-order valence-corrected chi connectivity index (χ4v) is 9.44. The molecule has 0 unspecified atom stereocenters. The standard InChI is InChI=1S/C29H42O4Si/c1-6-14-23(30)20-24(31)21-25(32)22-26(15-7-2)33-34(29(3,4)5,27-16-10-8-11-17-27)28-18-12-9-13-19-28/h6-13,16-19,23-26,30-32H,1-2,14-15,20-22H2,3-5H3/t23-,24+,25-,26+/m0/s1. The van der Waals surface area contributed by atoms with E-state index in [1.165, 1.54) is 10.4 Å². The first-order valence-electron chi connectivity index (χ1n) is 12.2. The molecule has 0 spiro atoms. The predicted molar refractivity (Wildman–Crippen MR) is 144 cm³/mol. The largest absolute Gasteiger partial charge is 0.404 e. The van der Waals surface area contributed by atoms with Crippen molar-refractivity contribution in [1.82, 2.24) is 0 Å². The van der Waals surface area contributed by atoms with Crippen molar-refractivity contribution in [3.63, 3.8) is 0 Å². The molecule has 0 radical (unpaired) electrons. The topological polar surface area (TPSA) is 69.9 Å². The lowest BCUT2D eigenvalue weighted by molar-refractivity contribution is 0.0225. The Labute approximate surface area is 206 Å². The Morgan fingerprint density at radius 3 is 1.62 bits per heavy atom. The Morgan fingerprint density at radius 1 is 0.735 bits per heavy atom. The summed E-state index contributed by atoms with van der Waals surface area (Å²) >= 11 is 0. The molecule has 0 aliphatic carbocycles. The van der Waals surface area contributed by atoms with Gasteiger partial charge >= 0.3 is 0 Å². The number of rotatable bonds is 14. The van der Waals surface area contributed by atoms with E-state index >= 15 is 0 Å². The monoisotopic (exact) mass is 482 g/mol. The molecule has 0 saturated carbocycles. The van der Waals surface area contributed by atoms with Crippen molar-refractivity contribution >= 4 is 18.7 Å². The second kappa shape index (κ2) is 13.2. The first kappa shape index (κ1) is 28.2. The van der Waals surface area contributed by atoms with Crippen LogP contribution in [0.15, 0.2) is 86.0 Å². The summed E-state index contributed by atoms with van der Waals surface area (Å²) in [5, 5.41) is 33.4. The van der Waals surface area contributed by atoms with Gasteiger partial charge in [0.2, 0.25) is 0 Å². The van der Waals surface area contributed by atoms with Crippen LogP contribution in [0.2, 0.25) is 5.04 Å². The minimum atomic E-state index is -2.77. The third-order valence-electron chi connectivity index (χ3n) is 6.25. The summed E-state index contributed by atoms with van der Waals surface area (Å²) in [5.74, 6) is 0. The molecule has 0 aliphatic heterocycles. The van der Waals surface area contributed by atoms with Gasteiger partial charge < -0.3 is 19.7 Å². The average molecular weight is 483 g/mol. The highest BCUT2D eigenvalue weighted by Gasteiger charge is 2.51. The van der Waals surface area contributed by atoms with Crippen molar-refractivity contribution in [3.8, 4) is 0 Å². The molecule has 4 nitrogen and oxygen atoms in total. The van der Waals surface area contributed by atoms with Crippen LogP contribution in [0.1, 0.15) is 52.9 Å². The van der Waals surface area contributed by atoms with E-state index < -0.39 is 26.6 Å². The van der Waals surface area contributed by atoms with Gasteiger partial charge in [0.15, 0.2) is 0 Å². The summed E-state index contributed by atoms with van der Waals surface area (Å²) in [7, 11) is -2.77. The summed E-state index contributed by atoms with van der Waals surface area (Å²) in [6.45, 7) is 14.2. The van der Waals surface area contributed by atoms with Gasteiger partial charge in [0.25, 0.3) is 8.32 Å². The summed E-state index contributed by atoms with van der Waals surface area (Å²) in [6.07, 6.45) is 2.80. The minimum absolute atomic E-state index is 0.172. The molecule has 0 fully saturated rings. The first-order chi connectivity index (χ1) is 16.1. The smallest absolute Gasteiger partial charge is 0.261 e. The molecule has 3 N–H and O–H groups in total. The van der Waals surface area contributed by atoms with E-state index in [1.807, 2.05) is 18.2 Å². The third-order valence-corrected chi connectivity index (χ3v) is 11.3. The molecule has 0 bridgehead atoms. The maximum absolute atomic E-state index is 10.8. The van der Waals surface area contributed by atoms with Crippen LogP contribution >= 0.6 is 0 Å². The highest BCUT2D eigenvalue weighted by Crippen LogP contribution is 2.38. The number of hydrogen-bond acceptors (Lipinski definition) is 4. The van der Waals surface area contributed by atoms with E-state index in [0.717, 1.165) is 0 Å². The van der Waals surface area contributed by atoms with E-state index in [4.69, 9.17) is 4.43 Å². The number of aliphatic hydroxyl groups is 3. The Kier molecular flexibility index (Phi) is 10.9. The third kappa shape index (κ3) is 7.49. The Balaban J connectivity index is 2.35. The summed E-state index contributed by atoms with van der Waals surface area (Å²) in [5.41, 5.74) is 0. The molecule has 0 aliphatic rings. The Hall–Kier alpha value is -2.02. The first-order valence-corrected chi connectivity index (χ1v) is 14.1. The second-order valence-corrected chi connectivity index (χ2v) is 14.4. The van der Waals surface area contributed by atoms with Crippen LogP contribution < -0.4 is 10.4 Å². The van der Waals surface area contributed by atoms with Gasteiger partial charge in [-0.15, -0.1) is 13.2 Å². The molecular weight excluding hydrogens is 440 g/mol. The number of aliphatic hydroxyl groups excluding tert-OH is 3. The van der Waals surface area contributed by atoms with Crippen LogP contribution in [0, 0.1) is 0 Å². The maximum Gasteiger partial charge on any atom is 0.261 e. The highest BCUT2D eigenvalue weighted by atomic mass is 28.4.